The second kappa shape index (κ2) is 5.25. The predicted octanol–water partition coefficient (Wildman–Crippen LogP) is 4.49. The van der Waals surface area contributed by atoms with Crippen molar-refractivity contribution in [1.82, 2.24) is 0 Å². The average molecular weight is 263 g/mol. The minimum Gasteiger partial charge on any atom is -0.491 e. The van der Waals surface area contributed by atoms with E-state index >= 15 is 0 Å². The third-order valence-corrected chi connectivity index (χ3v) is 3.40. The van der Waals surface area contributed by atoms with Crippen LogP contribution in [-0.2, 0) is 0 Å². The van der Waals surface area contributed by atoms with Crippen LogP contribution in [0.2, 0.25) is 0 Å². The number of hydrogen-bond donors (Lipinski definition) is 1. The molecule has 0 atom stereocenters. The summed E-state index contributed by atoms with van der Waals surface area (Å²) >= 11 is 0. The van der Waals surface area contributed by atoms with Gasteiger partial charge in [-0.3, -0.25) is 0 Å². The zero-order valence-corrected chi connectivity index (χ0v) is 11.5. The van der Waals surface area contributed by atoms with Gasteiger partial charge in [-0.2, -0.15) is 0 Å². The third-order valence-electron chi connectivity index (χ3n) is 3.40. The number of rotatable bonds is 3. The van der Waals surface area contributed by atoms with Gasteiger partial charge in [0.15, 0.2) is 0 Å². The van der Waals surface area contributed by atoms with E-state index in [4.69, 9.17) is 10.5 Å². The van der Waals surface area contributed by atoms with Gasteiger partial charge in [0.1, 0.15) is 5.75 Å². The van der Waals surface area contributed by atoms with Gasteiger partial charge in [-0.05, 0) is 29.5 Å². The molecular formula is C18H17NO. The average Bonchev–Trinajstić information content (AvgIpc) is 2.51. The molecule has 0 amide bonds. The quantitative estimate of drug-likeness (QED) is 0.707. The second-order valence-corrected chi connectivity index (χ2v) is 4.69. The maximum atomic E-state index is 6.19. The second-order valence-electron chi connectivity index (χ2n) is 4.69. The molecule has 2 nitrogen and oxygen atoms in total. The molecule has 0 aliphatic carbocycles. The van der Waals surface area contributed by atoms with E-state index in [-0.39, 0.29) is 0 Å². The first-order chi connectivity index (χ1) is 9.81. The lowest BCUT2D eigenvalue weighted by Gasteiger charge is -2.14. The van der Waals surface area contributed by atoms with Crippen molar-refractivity contribution >= 4 is 16.5 Å². The van der Waals surface area contributed by atoms with Crippen LogP contribution in [-0.4, -0.2) is 6.61 Å². The Bertz CT molecular complexity index is 735. The fourth-order valence-electron chi connectivity index (χ4n) is 2.53. The van der Waals surface area contributed by atoms with Crippen molar-refractivity contribution in [3.8, 4) is 16.9 Å². The summed E-state index contributed by atoms with van der Waals surface area (Å²) in [5, 5.41) is 2.23. The normalized spacial score (nSPS) is 10.7. The number of fused-ring (bicyclic) bond motifs is 1. The fourth-order valence-corrected chi connectivity index (χ4v) is 2.53. The predicted molar refractivity (Wildman–Crippen MR) is 85.0 cm³/mol. The smallest absolute Gasteiger partial charge is 0.150 e. The molecule has 0 fully saturated rings. The summed E-state index contributed by atoms with van der Waals surface area (Å²) in [6.07, 6.45) is 0. The van der Waals surface area contributed by atoms with Crippen molar-refractivity contribution in [1.29, 1.82) is 0 Å². The van der Waals surface area contributed by atoms with Crippen LogP contribution in [0.5, 0.6) is 5.75 Å². The van der Waals surface area contributed by atoms with Crippen LogP contribution in [0.4, 0.5) is 5.69 Å². The van der Waals surface area contributed by atoms with Gasteiger partial charge in [-0.25, -0.2) is 0 Å². The van der Waals surface area contributed by atoms with Crippen molar-refractivity contribution in [3.05, 3.63) is 60.7 Å². The molecule has 2 heteroatoms. The molecule has 0 radical (unpaired) electrons. The van der Waals surface area contributed by atoms with Crippen LogP contribution in [0.3, 0.4) is 0 Å². The van der Waals surface area contributed by atoms with Crippen LogP contribution in [0.15, 0.2) is 60.7 Å². The molecule has 0 saturated heterocycles. The summed E-state index contributed by atoms with van der Waals surface area (Å²) in [5.41, 5.74) is 9.18. The SMILES string of the molecule is CCOc1c(N)cc(-c2ccccc2)c2ccccc12. The van der Waals surface area contributed by atoms with E-state index in [0.717, 1.165) is 22.1 Å². The molecular weight excluding hydrogens is 246 g/mol. The molecule has 0 bridgehead atoms. The molecule has 3 rings (SSSR count). The van der Waals surface area contributed by atoms with Gasteiger partial charge in [0.2, 0.25) is 0 Å². The minimum absolute atomic E-state index is 0.610. The maximum Gasteiger partial charge on any atom is 0.150 e. The molecule has 0 saturated carbocycles. The number of nitrogen functional groups attached to an aromatic ring is 1. The zero-order chi connectivity index (χ0) is 13.9. The Balaban J connectivity index is 2.32. The number of benzene rings is 3. The van der Waals surface area contributed by atoms with E-state index < -0.39 is 0 Å². The first kappa shape index (κ1) is 12.5. The van der Waals surface area contributed by atoms with Crippen LogP contribution in [0, 0.1) is 0 Å². The Hall–Kier alpha value is -2.48. The summed E-state index contributed by atoms with van der Waals surface area (Å²) in [5.74, 6) is 0.780. The summed E-state index contributed by atoms with van der Waals surface area (Å²) in [7, 11) is 0. The van der Waals surface area contributed by atoms with Crippen molar-refractivity contribution in [3.63, 3.8) is 0 Å². The minimum atomic E-state index is 0.610. The number of ether oxygens (including phenoxy) is 1. The van der Waals surface area contributed by atoms with Crippen LogP contribution in [0.25, 0.3) is 21.9 Å². The molecule has 3 aromatic carbocycles. The Morgan fingerprint density at radius 1 is 0.900 bits per heavy atom. The first-order valence-electron chi connectivity index (χ1n) is 6.80. The van der Waals surface area contributed by atoms with Gasteiger partial charge in [0.05, 0.1) is 12.3 Å². The topological polar surface area (TPSA) is 35.2 Å². The molecule has 0 heterocycles. The van der Waals surface area contributed by atoms with Crippen molar-refractivity contribution in [2.24, 2.45) is 0 Å². The molecule has 0 aliphatic rings. The van der Waals surface area contributed by atoms with Gasteiger partial charge in [0, 0.05) is 5.39 Å². The van der Waals surface area contributed by atoms with Gasteiger partial charge in [-0.15, -0.1) is 0 Å². The highest BCUT2D eigenvalue weighted by Gasteiger charge is 2.11. The van der Waals surface area contributed by atoms with Crippen molar-refractivity contribution < 1.29 is 4.74 Å². The zero-order valence-electron chi connectivity index (χ0n) is 11.5. The number of anilines is 1. The van der Waals surface area contributed by atoms with Gasteiger partial charge < -0.3 is 10.5 Å². The standard InChI is InChI=1S/C18H17NO/c1-2-20-18-15-11-7-6-10-14(15)16(12-17(18)19)13-8-4-3-5-9-13/h3-12H,2,19H2,1H3. The summed E-state index contributed by atoms with van der Waals surface area (Å²) in [6, 6.07) is 20.5. The largest absolute Gasteiger partial charge is 0.491 e. The summed E-state index contributed by atoms with van der Waals surface area (Å²) < 4.78 is 5.72. The van der Waals surface area contributed by atoms with E-state index in [9.17, 15) is 0 Å². The van der Waals surface area contributed by atoms with E-state index in [1.807, 2.05) is 43.3 Å². The summed E-state index contributed by atoms with van der Waals surface area (Å²) in [6.45, 7) is 2.58. The monoisotopic (exact) mass is 263 g/mol. The maximum absolute atomic E-state index is 6.19. The molecule has 2 N–H and O–H groups in total. The van der Waals surface area contributed by atoms with Gasteiger partial charge >= 0.3 is 0 Å². The molecule has 3 aromatic rings. The van der Waals surface area contributed by atoms with Gasteiger partial charge in [0.25, 0.3) is 0 Å². The molecule has 0 unspecified atom stereocenters. The Morgan fingerprint density at radius 3 is 2.25 bits per heavy atom. The van der Waals surface area contributed by atoms with Gasteiger partial charge in [-0.1, -0.05) is 54.6 Å². The van der Waals surface area contributed by atoms with E-state index in [1.54, 1.807) is 0 Å². The van der Waals surface area contributed by atoms with Crippen molar-refractivity contribution in [2.45, 2.75) is 6.92 Å². The van der Waals surface area contributed by atoms with Crippen molar-refractivity contribution in [2.75, 3.05) is 12.3 Å². The van der Waals surface area contributed by atoms with E-state index in [2.05, 4.69) is 24.3 Å². The molecule has 0 aliphatic heterocycles. The van der Waals surface area contributed by atoms with E-state index in [0.29, 0.717) is 12.3 Å². The Morgan fingerprint density at radius 2 is 1.55 bits per heavy atom. The molecule has 100 valence electrons. The lowest BCUT2D eigenvalue weighted by molar-refractivity contribution is 0.346. The molecule has 20 heavy (non-hydrogen) atoms. The highest BCUT2D eigenvalue weighted by Crippen LogP contribution is 2.39. The molecule has 0 spiro atoms. The highest BCUT2D eigenvalue weighted by molar-refractivity contribution is 6.03. The van der Waals surface area contributed by atoms with Crippen LogP contribution in [0.1, 0.15) is 6.92 Å². The van der Waals surface area contributed by atoms with E-state index in [1.165, 1.54) is 5.56 Å². The lowest BCUT2D eigenvalue weighted by Crippen LogP contribution is -1.99. The molecule has 0 aromatic heterocycles. The third kappa shape index (κ3) is 2.10. The number of nitrogens with two attached hydrogens (primary N) is 1. The Labute approximate surface area is 118 Å². The Kier molecular flexibility index (Phi) is 3.30. The van der Waals surface area contributed by atoms with Crippen LogP contribution < -0.4 is 10.5 Å². The fraction of sp³-hybridized carbons (Fsp3) is 0.111. The lowest BCUT2D eigenvalue weighted by atomic mass is 9.97. The summed E-state index contributed by atoms with van der Waals surface area (Å²) in [4.78, 5) is 0. The highest BCUT2D eigenvalue weighted by atomic mass is 16.5. The van der Waals surface area contributed by atoms with Crippen LogP contribution >= 0.6 is 0 Å². The first-order valence-corrected chi connectivity index (χ1v) is 6.80. The number of hydrogen-bond acceptors (Lipinski definition) is 2.